The third kappa shape index (κ3) is 12.3. The Labute approximate surface area is 170 Å². The molecule has 0 spiro atoms. The van der Waals surface area contributed by atoms with E-state index >= 15 is 0 Å². The fourth-order valence-electron chi connectivity index (χ4n) is 3.37. The summed E-state index contributed by atoms with van der Waals surface area (Å²) in [6.45, 7) is 6.99. The summed E-state index contributed by atoms with van der Waals surface area (Å²) < 4.78 is 5.26. The molecule has 1 aliphatic heterocycles. The van der Waals surface area contributed by atoms with Gasteiger partial charge in [0.15, 0.2) is 0 Å². The lowest BCUT2D eigenvalue weighted by atomic mass is 10.1. The Morgan fingerprint density at radius 3 is 2.11 bits per heavy atom. The van der Waals surface area contributed by atoms with Crippen LogP contribution < -0.4 is 0 Å². The molecular formula is C21H39ClN2O3. The van der Waals surface area contributed by atoms with Crippen LogP contribution in [0.1, 0.15) is 77.6 Å². The van der Waals surface area contributed by atoms with Crippen molar-refractivity contribution < 1.29 is 14.3 Å². The molecule has 0 aromatic rings. The van der Waals surface area contributed by atoms with E-state index in [0.29, 0.717) is 12.5 Å². The molecule has 27 heavy (non-hydrogen) atoms. The normalized spacial score (nSPS) is 15.1. The first-order valence-corrected chi connectivity index (χ1v) is 11.4. The number of amides is 1. The number of unbranched alkanes of at least 4 members (excludes halogenated alkanes) is 7. The fourth-order valence-corrected chi connectivity index (χ4v) is 3.48. The maximum atomic E-state index is 12.2. The number of carbonyl (C=O) groups is 2. The van der Waals surface area contributed by atoms with Crippen molar-refractivity contribution in [2.75, 3.05) is 45.2 Å². The minimum Gasteiger partial charge on any atom is -0.466 e. The molecule has 1 rings (SSSR count). The first-order chi connectivity index (χ1) is 13.2. The van der Waals surface area contributed by atoms with E-state index in [1.165, 1.54) is 38.5 Å². The third-order valence-electron chi connectivity index (χ3n) is 5.14. The molecular weight excluding hydrogens is 364 g/mol. The van der Waals surface area contributed by atoms with E-state index in [0.717, 1.165) is 52.0 Å². The smallest absolute Gasteiger partial charge is 0.306 e. The van der Waals surface area contributed by atoms with Gasteiger partial charge in [0, 0.05) is 38.5 Å². The van der Waals surface area contributed by atoms with Gasteiger partial charge in [-0.05, 0) is 19.4 Å². The van der Waals surface area contributed by atoms with Crippen LogP contribution in [0.4, 0.5) is 0 Å². The van der Waals surface area contributed by atoms with Gasteiger partial charge in [-0.3, -0.25) is 14.5 Å². The zero-order chi connectivity index (χ0) is 19.7. The molecule has 0 radical (unpaired) electrons. The summed E-state index contributed by atoms with van der Waals surface area (Å²) in [6, 6.07) is 0. The number of ether oxygens (including phenoxy) is 1. The predicted octanol–water partition coefficient (Wildman–Crippen LogP) is 4.22. The van der Waals surface area contributed by atoms with Crippen LogP contribution in [-0.2, 0) is 14.3 Å². The van der Waals surface area contributed by atoms with Crippen molar-refractivity contribution in [2.24, 2.45) is 0 Å². The summed E-state index contributed by atoms with van der Waals surface area (Å²) >= 11 is 5.72. The van der Waals surface area contributed by atoms with Crippen molar-refractivity contribution in [3.8, 4) is 0 Å². The van der Waals surface area contributed by atoms with E-state index < -0.39 is 0 Å². The highest BCUT2D eigenvalue weighted by Gasteiger charge is 2.21. The van der Waals surface area contributed by atoms with E-state index in [1.54, 1.807) is 0 Å². The highest BCUT2D eigenvalue weighted by Crippen LogP contribution is 2.09. The van der Waals surface area contributed by atoms with Crippen molar-refractivity contribution in [2.45, 2.75) is 77.6 Å². The van der Waals surface area contributed by atoms with Gasteiger partial charge in [-0.2, -0.15) is 0 Å². The molecule has 5 nitrogen and oxygen atoms in total. The number of hydrogen-bond donors (Lipinski definition) is 0. The van der Waals surface area contributed by atoms with Crippen LogP contribution in [0.15, 0.2) is 0 Å². The van der Waals surface area contributed by atoms with Gasteiger partial charge in [-0.15, -0.1) is 11.6 Å². The Morgan fingerprint density at radius 1 is 0.852 bits per heavy atom. The lowest BCUT2D eigenvalue weighted by Crippen LogP contribution is -2.48. The van der Waals surface area contributed by atoms with Gasteiger partial charge in [0.1, 0.15) is 0 Å². The summed E-state index contributed by atoms with van der Waals surface area (Å²) in [4.78, 5) is 28.2. The molecule has 158 valence electrons. The van der Waals surface area contributed by atoms with Crippen molar-refractivity contribution >= 4 is 23.5 Å². The van der Waals surface area contributed by atoms with Crippen LogP contribution in [0.3, 0.4) is 0 Å². The molecule has 0 aromatic carbocycles. The van der Waals surface area contributed by atoms with Crippen LogP contribution in [0.2, 0.25) is 0 Å². The second-order valence-electron chi connectivity index (χ2n) is 7.46. The summed E-state index contributed by atoms with van der Waals surface area (Å²) in [6.07, 6.45) is 11.3. The average molecular weight is 403 g/mol. The van der Waals surface area contributed by atoms with E-state index in [4.69, 9.17) is 16.3 Å². The van der Waals surface area contributed by atoms with Crippen LogP contribution in [0, 0.1) is 0 Å². The van der Waals surface area contributed by atoms with Crippen LogP contribution in [-0.4, -0.2) is 66.9 Å². The number of halogens is 1. The molecule has 0 N–H and O–H groups in total. The van der Waals surface area contributed by atoms with Crippen LogP contribution in [0.5, 0.6) is 0 Å². The van der Waals surface area contributed by atoms with Gasteiger partial charge in [0.05, 0.1) is 13.0 Å². The summed E-state index contributed by atoms with van der Waals surface area (Å²) in [5.74, 6) is 0.503. The van der Waals surface area contributed by atoms with Gasteiger partial charge in [0.2, 0.25) is 5.91 Å². The fraction of sp³-hybridized carbons (Fsp3) is 0.905. The predicted molar refractivity (Wildman–Crippen MR) is 111 cm³/mol. The molecule has 1 saturated heterocycles. The molecule has 0 aliphatic carbocycles. The largest absolute Gasteiger partial charge is 0.466 e. The first-order valence-electron chi connectivity index (χ1n) is 10.9. The number of alkyl halides is 1. The monoisotopic (exact) mass is 402 g/mol. The van der Waals surface area contributed by atoms with E-state index in [-0.39, 0.29) is 24.7 Å². The summed E-state index contributed by atoms with van der Waals surface area (Å²) in [7, 11) is 0. The van der Waals surface area contributed by atoms with Gasteiger partial charge in [0.25, 0.3) is 0 Å². The molecule has 6 heteroatoms. The standard InChI is InChI=1S/C21H39ClN2O3/c1-2-3-4-5-6-7-8-9-19-27-21(26)12-11-20(25)24-17-15-23(16-18-24)14-10-13-22/h2-19H2,1H3. The molecule has 0 atom stereocenters. The average Bonchev–Trinajstić information content (AvgIpc) is 2.69. The Morgan fingerprint density at radius 2 is 1.48 bits per heavy atom. The van der Waals surface area contributed by atoms with Gasteiger partial charge < -0.3 is 9.64 Å². The third-order valence-corrected chi connectivity index (χ3v) is 5.40. The molecule has 0 bridgehead atoms. The number of piperazine rings is 1. The van der Waals surface area contributed by atoms with Crippen molar-refractivity contribution in [3.05, 3.63) is 0 Å². The molecule has 0 aromatic heterocycles. The van der Waals surface area contributed by atoms with E-state index in [9.17, 15) is 9.59 Å². The minimum absolute atomic E-state index is 0.0658. The maximum absolute atomic E-state index is 12.2. The molecule has 1 heterocycles. The number of esters is 1. The number of hydrogen-bond acceptors (Lipinski definition) is 4. The second-order valence-corrected chi connectivity index (χ2v) is 7.84. The number of carbonyl (C=O) groups excluding carboxylic acids is 2. The second kappa shape index (κ2) is 16.2. The number of nitrogens with zero attached hydrogens (tertiary/aromatic N) is 2. The summed E-state index contributed by atoms with van der Waals surface area (Å²) in [5, 5.41) is 0. The highest BCUT2D eigenvalue weighted by atomic mass is 35.5. The SMILES string of the molecule is CCCCCCCCCCOC(=O)CCC(=O)N1CCN(CCCCl)CC1. The molecule has 1 fully saturated rings. The maximum Gasteiger partial charge on any atom is 0.306 e. The molecule has 0 unspecified atom stereocenters. The Bertz CT molecular complexity index is 399. The minimum atomic E-state index is -0.243. The topological polar surface area (TPSA) is 49.9 Å². The van der Waals surface area contributed by atoms with Gasteiger partial charge >= 0.3 is 5.97 Å². The Hall–Kier alpha value is -0.810. The highest BCUT2D eigenvalue weighted by molar-refractivity contribution is 6.17. The summed E-state index contributed by atoms with van der Waals surface area (Å²) in [5.41, 5.74) is 0. The molecule has 1 aliphatic rings. The lowest BCUT2D eigenvalue weighted by molar-refractivity contribution is -0.146. The van der Waals surface area contributed by atoms with E-state index in [1.807, 2.05) is 4.90 Å². The Balaban J connectivity index is 1.97. The lowest BCUT2D eigenvalue weighted by Gasteiger charge is -2.34. The van der Waals surface area contributed by atoms with Gasteiger partial charge in [-0.1, -0.05) is 51.9 Å². The van der Waals surface area contributed by atoms with Gasteiger partial charge in [-0.25, -0.2) is 0 Å². The van der Waals surface area contributed by atoms with Crippen molar-refractivity contribution in [3.63, 3.8) is 0 Å². The first kappa shape index (κ1) is 24.2. The van der Waals surface area contributed by atoms with Crippen LogP contribution >= 0.6 is 11.6 Å². The molecule has 0 saturated carbocycles. The van der Waals surface area contributed by atoms with Crippen LogP contribution in [0.25, 0.3) is 0 Å². The van der Waals surface area contributed by atoms with E-state index in [2.05, 4.69) is 11.8 Å². The van der Waals surface area contributed by atoms with Crippen molar-refractivity contribution in [1.29, 1.82) is 0 Å². The quantitative estimate of drug-likeness (QED) is 0.234. The zero-order valence-corrected chi connectivity index (χ0v) is 18.0. The zero-order valence-electron chi connectivity index (χ0n) is 17.2. The Kier molecular flexibility index (Phi) is 14.5. The number of rotatable bonds is 15. The molecule has 1 amide bonds. The van der Waals surface area contributed by atoms with Crippen molar-refractivity contribution in [1.82, 2.24) is 9.80 Å².